The zero-order chi connectivity index (χ0) is 24.5. The number of amides is 2. The molecule has 1 atom stereocenters. The number of nitrogens with one attached hydrogen (secondary N) is 1. The van der Waals surface area contributed by atoms with E-state index in [2.05, 4.69) is 34.6 Å². The molecule has 0 aromatic heterocycles. The summed E-state index contributed by atoms with van der Waals surface area (Å²) < 4.78 is 0. The van der Waals surface area contributed by atoms with Crippen LogP contribution in [0.15, 0.2) is 89.9 Å². The molecule has 6 N–H and O–H groups in total. The molecule has 2 amide bonds. The van der Waals surface area contributed by atoms with Gasteiger partial charge in [-0.05, 0) is 35.2 Å². The van der Waals surface area contributed by atoms with Gasteiger partial charge in [-0.1, -0.05) is 72.8 Å². The summed E-state index contributed by atoms with van der Waals surface area (Å²) in [5.41, 5.74) is 13.8. The Morgan fingerprint density at radius 2 is 1.29 bits per heavy atom. The number of carboxylic acid groups (broad SMARTS) is 1. The Balaban J connectivity index is 1.76. The minimum Gasteiger partial charge on any atom is -0.480 e. The van der Waals surface area contributed by atoms with Gasteiger partial charge in [0.2, 0.25) is 5.91 Å². The maximum atomic E-state index is 12.7. The molecule has 0 aliphatic heterocycles. The van der Waals surface area contributed by atoms with Gasteiger partial charge in [-0.2, -0.15) is 4.99 Å². The summed E-state index contributed by atoms with van der Waals surface area (Å²) in [6.45, 7) is 0. The van der Waals surface area contributed by atoms with Gasteiger partial charge in [0.25, 0.3) is 5.91 Å². The number of aliphatic carboxylic acids is 1. The lowest BCUT2D eigenvalue weighted by molar-refractivity contribution is -0.139. The van der Waals surface area contributed by atoms with E-state index in [0.29, 0.717) is 5.56 Å². The fourth-order valence-corrected chi connectivity index (χ4v) is 3.66. The lowest BCUT2D eigenvalue weighted by Gasteiger charge is -2.19. The fourth-order valence-electron chi connectivity index (χ4n) is 3.66. The average Bonchev–Trinajstić information content (AvgIpc) is 2.83. The van der Waals surface area contributed by atoms with Crippen molar-refractivity contribution in [2.24, 2.45) is 16.5 Å². The highest BCUT2D eigenvalue weighted by Gasteiger charge is 2.22. The van der Waals surface area contributed by atoms with Crippen LogP contribution in [0.2, 0.25) is 0 Å². The molecule has 0 heterocycles. The van der Waals surface area contributed by atoms with Crippen LogP contribution in [0.1, 0.15) is 45.8 Å². The molecule has 0 fully saturated rings. The molecule has 0 bridgehead atoms. The SMILES string of the molecule is NC(N)=NC(=O)CCC(NC(=O)c1ccc(C(c2ccccc2)c2ccccc2)cc1)C(=O)O. The van der Waals surface area contributed by atoms with Crippen LogP contribution in [0, 0.1) is 0 Å². The van der Waals surface area contributed by atoms with E-state index >= 15 is 0 Å². The Kier molecular flexibility index (Phi) is 8.12. The van der Waals surface area contributed by atoms with Crippen molar-refractivity contribution in [3.8, 4) is 0 Å². The Hall–Kier alpha value is -4.46. The van der Waals surface area contributed by atoms with Crippen molar-refractivity contribution in [1.82, 2.24) is 5.32 Å². The van der Waals surface area contributed by atoms with E-state index in [0.717, 1.165) is 16.7 Å². The van der Waals surface area contributed by atoms with Gasteiger partial charge in [-0.15, -0.1) is 0 Å². The van der Waals surface area contributed by atoms with E-state index in [9.17, 15) is 19.5 Å². The van der Waals surface area contributed by atoms with E-state index in [4.69, 9.17) is 11.5 Å². The van der Waals surface area contributed by atoms with E-state index in [-0.39, 0.29) is 18.8 Å². The Labute approximate surface area is 197 Å². The molecule has 1 unspecified atom stereocenters. The zero-order valence-electron chi connectivity index (χ0n) is 18.4. The van der Waals surface area contributed by atoms with Crippen molar-refractivity contribution in [2.45, 2.75) is 24.8 Å². The summed E-state index contributed by atoms with van der Waals surface area (Å²) in [5, 5.41) is 11.9. The predicted molar refractivity (Wildman–Crippen MR) is 129 cm³/mol. The highest BCUT2D eigenvalue weighted by molar-refractivity contribution is 5.97. The number of carbonyl (C=O) groups excluding carboxylic acids is 2. The molecule has 0 aliphatic rings. The van der Waals surface area contributed by atoms with Gasteiger partial charge in [0.15, 0.2) is 5.96 Å². The lowest BCUT2D eigenvalue weighted by atomic mass is 9.85. The summed E-state index contributed by atoms with van der Waals surface area (Å²) in [7, 11) is 0. The number of hydrogen-bond donors (Lipinski definition) is 4. The zero-order valence-corrected chi connectivity index (χ0v) is 18.4. The van der Waals surface area contributed by atoms with Gasteiger partial charge < -0.3 is 21.9 Å². The third kappa shape index (κ3) is 6.52. The van der Waals surface area contributed by atoms with Crippen molar-refractivity contribution < 1.29 is 19.5 Å². The maximum absolute atomic E-state index is 12.7. The number of carboxylic acids is 1. The molecule has 34 heavy (non-hydrogen) atoms. The van der Waals surface area contributed by atoms with Crippen LogP contribution in [0.25, 0.3) is 0 Å². The molecule has 8 heteroatoms. The summed E-state index contributed by atoms with van der Waals surface area (Å²) >= 11 is 0. The molecule has 3 aromatic carbocycles. The highest BCUT2D eigenvalue weighted by atomic mass is 16.4. The van der Waals surface area contributed by atoms with E-state index in [1.165, 1.54) is 0 Å². The quantitative estimate of drug-likeness (QED) is 0.220. The molecule has 0 spiro atoms. The van der Waals surface area contributed by atoms with E-state index in [1.54, 1.807) is 12.1 Å². The van der Waals surface area contributed by atoms with Crippen LogP contribution in [-0.2, 0) is 9.59 Å². The first kappa shape index (κ1) is 24.2. The minimum absolute atomic E-state index is 0.0205. The summed E-state index contributed by atoms with van der Waals surface area (Å²) in [6.07, 6.45) is -0.358. The predicted octanol–water partition coefficient (Wildman–Crippen LogP) is 2.63. The molecule has 0 saturated carbocycles. The number of guanidine groups is 1. The molecule has 174 valence electrons. The Bertz CT molecular complexity index is 1120. The number of hydrogen-bond acceptors (Lipinski definition) is 3. The average molecular weight is 459 g/mol. The van der Waals surface area contributed by atoms with Gasteiger partial charge >= 0.3 is 5.97 Å². The molecule has 0 saturated heterocycles. The second kappa shape index (κ2) is 11.4. The summed E-state index contributed by atoms with van der Waals surface area (Å²) in [6, 6.07) is 25.9. The molecular formula is C26H26N4O4. The Morgan fingerprint density at radius 1 is 0.794 bits per heavy atom. The molecular weight excluding hydrogens is 432 g/mol. The van der Waals surface area contributed by atoms with Gasteiger partial charge in [0, 0.05) is 17.9 Å². The Morgan fingerprint density at radius 3 is 1.76 bits per heavy atom. The minimum atomic E-state index is -1.26. The van der Waals surface area contributed by atoms with Gasteiger partial charge in [-0.25, -0.2) is 4.79 Å². The first-order valence-electron chi connectivity index (χ1n) is 10.7. The standard InChI is InChI=1S/C26H26N4O4/c27-26(28)30-22(31)16-15-21(25(33)34)29-24(32)20-13-11-19(12-14-20)23(17-7-3-1-4-8-17)18-9-5-2-6-10-18/h1-14,21,23H,15-16H2,(H,29,32)(H,33,34)(H4,27,28,30,31). The van der Waals surface area contributed by atoms with Crippen LogP contribution in [0.4, 0.5) is 0 Å². The van der Waals surface area contributed by atoms with Crippen LogP contribution >= 0.6 is 0 Å². The smallest absolute Gasteiger partial charge is 0.326 e. The van der Waals surface area contributed by atoms with E-state index in [1.807, 2.05) is 48.5 Å². The normalized spacial score (nSPS) is 11.4. The topological polar surface area (TPSA) is 148 Å². The fraction of sp³-hybridized carbons (Fsp3) is 0.154. The van der Waals surface area contributed by atoms with Crippen molar-refractivity contribution >= 4 is 23.7 Å². The summed E-state index contributed by atoms with van der Waals surface area (Å²) in [4.78, 5) is 39.2. The van der Waals surface area contributed by atoms with Crippen molar-refractivity contribution in [3.05, 3.63) is 107 Å². The first-order valence-corrected chi connectivity index (χ1v) is 10.7. The van der Waals surface area contributed by atoms with Crippen LogP contribution < -0.4 is 16.8 Å². The van der Waals surface area contributed by atoms with Gasteiger partial charge in [0.05, 0.1) is 0 Å². The van der Waals surface area contributed by atoms with Crippen molar-refractivity contribution in [1.29, 1.82) is 0 Å². The number of rotatable bonds is 9. The summed E-state index contributed by atoms with van der Waals surface area (Å²) in [5.74, 6) is -2.88. The first-order chi connectivity index (χ1) is 16.3. The molecule has 0 radical (unpaired) electrons. The number of carbonyl (C=O) groups is 3. The van der Waals surface area contributed by atoms with Crippen molar-refractivity contribution in [2.75, 3.05) is 0 Å². The van der Waals surface area contributed by atoms with Crippen LogP contribution in [0.3, 0.4) is 0 Å². The second-order valence-corrected chi connectivity index (χ2v) is 7.71. The lowest BCUT2D eigenvalue weighted by Crippen LogP contribution is -2.41. The maximum Gasteiger partial charge on any atom is 0.326 e. The monoisotopic (exact) mass is 458 g/mol. The van der Waals surface area contributed by atoms with E-state index < -0.39 is 29.8 Å². The molecule has 3 rings (SSSR count). The third-order valence-electron chi connectivity index (χ3n) is 5.28. The number of benzene rings is 3. The van der Waals surface area contributed by atoms with Crippen molar-refractivity contribution in [3.63, 3.8) is 0 Å². The number of nitrogens with two attached hydrogens (primary N) is 2. The second-order valence-electron chi connectivity index (χ2n) is 7.71. The molecule has 0 aliphatic carbocycles. The van der Waals surface area contributed by atoms with Crippen LogP contribution in [-0.4, -0.2) is 34.9 Å². The van der Waals surface area contributed by atoms with Gasteiger partial charge in [-0.3, -0.25) is 9.59 Å². The van der Waals surface area contributed by atoms with Gasteiger partial charge in [0.1, 0.15) is 6.04 Å². The van der Waals surface area contributed by atoms with Crippen LogP contribution in [0.5, 0.6) is 0 Å². The highest BCUT2D eigenvalue weighted by Crippen LogP contribution is 2.31. The third-order valence-corrected chi connectivity index (χ3v) is 5.28. The number of nitrogens with zero attached hydrogens (tertiary/aromatic N) is 1. The number of aliphatic imine (C=N–C) groups is 1. The molecule has 3 aromatic rings. The molecule has 8 nitrogen and oxygen atoms in total. The largest absolute Gasteiger partial charge is 0.480 e.